The van der Waals surface area contributed by atoms with E-state index in [0.29, 0.717) is 17.5 Å². The molecule has 142 valence electrons. The Kier molecular flexibility index (Phi) is 6.74. The predicted molar refractivity (Wildman–Crippen MR) is 113 cm³/mol. The molecule has 0 bridgehead atoms. The Balaban J connectivity index is 1.71. The second-order valence-corrected chi connectivity index (χ2v) is 7.09. The Bertz CT molecular complexity index is 916. The molecular formula is C18H21N5O2S2. The van der Waals surface area contributed by atoms with Crippen LogP contribution in [0.4, 0.5) is 5.82 Å². The van der Waals surface area contributed by atoms with Crippen molar-refractivity contribution in [2.45, 2.75) is 6.42 Å². The van der Waals surface area contributed by atoms with E-state index in [1.807, 2.05) is 30.3 Å². The highest BCUT2D eigenvalue weighted by atomic mass is 32.1. The minimum atomic E-state index is 0.502. The smallest absolute Gasteiger partial charge is 0.185 e. The number of benzene rings is 1. The highest BCUT2D eigenvalue weighted by Crippen LogP contribution is 2.36. The summed E-state index contributed by atoms with van der Waals surface area (Å²) in [5.41, 5.74) is 7.97. The standard InChI is InChI=1S/C18H21N5O2S2/c1-24-8-4-7-19-18(26)23-22-17-16-14(20-11-21-17)10-15(27-16)12-5-3-6-13(9-12)25-2/h3,5-6,9-11H,4,7-8H2,1-2H3,(H2,19,23,26)(H,20,21,22). The van der Waals surface area contributed by atoms with Crippen LogP contribution in [0.2, 0.25) is 0 Å². The first-order chi connectivity index (χ1) is 13.2. The van der Waals surface area contributed by atoms with Gasteiger partial charge in [-0.15, -0.1) is 11.3 Å². The van der Waals surface area contributed by atoms with Gasteiger partial charge in [0.25, 0.3) is 0 Å². The summed E-state index contributed by atoms with van der Waals surface area (Å²) in [6, 6.07) is 9.99. The summed E-state index contributed by atoms with van der Waals surface area (Å²) < 4.78 is 11.3. The Hall–Kier alpha value is -2.49. The zero-order valence-electron chi connectivity index (χ0n) is 15.1. The van der Waals surface area contributed by atoms with Gasteiger partial charge in [0.15, 0.2) is 10.9 Å². The van der Waals surface area contributed by atoms with Crippen molar-refractivity contribution < 1.29 is 9.47 Å². The molecule has 3 aromatic rings. The van der Waals surface area contributed by atoms with Gasteiger partial charge >= 0.3 is 0 Å². The molecule has 7 nitrogen and oxygen atoms in total. The number of methoxy groups -OCH3 is 2. The van der Waals surface area contributed by atoms with Crippen LogP contribution < -0.4 is 20.9 Å². The molecule has 0 spiro atoms. The largest absolute Gasteiger partial charge is 0.497 e. The van der Waals surface area contributed by atoms with Crippen molar-refractivity contribution >= 4 is 44.7 Å². The fourth-order valence-corrected chi connectivity index (χ4v) is 3.65. The highest BCUT2D eigenvalue weighted by Gasteiger charge is 2.11. The molecular weight excluding hydrogens is 382 g/mol. The third kappa shape index (κ3) is 5.03. The summed E-state index contributed by atoms with van der Waals surface area (Å²) in [7, 11) is 3.34. The van der Waals surface area contributed by atoms with E-state index in [0.717, 1.165) is 39.4 Å². The van der Waals surface area contributed by atoms with E-state index >= 15 is 0 Å². The third-order valence-electron chi connectivity index (χ3n) is 3.77. The first-order valence-corrected chi connectivity index (χ1v) is 9.61. The van der Waals surface area contributed by atoms with Crippen LogP contribution in [0.1, 0.15) is 6.42 Å². The molecule has 2 aromatic heterocycles. The van der Waals surface area contributed by atoms with Crippen LogP contribution >= 0.6 is 23.6 Å². The number of anilines is 1. The maximum atomic E-state index is 5.31. The van der Waals surface area contributed by atoms with Crippen molar-refractivity contribution in [2.24, 2.45) is 0 Å². The van der Waals surface area contributed by atoms with Crippen LogP contribution in [-0.2, 0) is 4.74 Å². The summed E-state index contributed by atoms with van der Waals surface area (Å²) in [5, 5.41) is 3.61. The van der Waals surface area contributed by atoms with Gasteiger partial charge in [0.2, 0.25) is 0 Å². The lowest BCUT2D eigenvalue weighted by Gasteiger charge is -2.11. The SMILES string of the molecule is COCCCNC(=S)NNc1ncnc2cc(-c3cccc(OC)c3)sc12. The fraction of sp³-hybridized carbons (Fsp3) is 0.278. The summed E-state index contributed by atoms with van der Waals surface area (Å²) in [6.07, 6.45) is 2.41. The van der Waals surface area contributed by atoms with Gasteiger partial charge < -0.3 is 14.8 Å². The monoisotopic (exact) mass is 403 g/mol. The van der Waals surface area contributed by atoms with E-state index in [1.54, 1.807) is 25.6 Å². The van der Waals surface area contributed by atoms with Gasteiger partial charge in [-0.05, 0) is 42.4 Å². The molecule has 0 radical (unpaired) electrons. The average Bonchev–Trinajstić information content (AvgIpc) is 3.14. The van der Waals surface area contributed by atoms with Gasteiger partial charge in [0.1, 0.15) is 12.1 Å². The minimum Gasteiger partial charge on any atom is -0.497 e. The summed E-state index contributed by atoms with van der Waals surface area (Å²) in [4.78, 5) is 9.78. The molecule has 0 fully saturated rings. The molecule has 3 N–H and O–H groups in total. The zero-order valence-corrected chi connectivity index (χ0v) is 16.7. The van der Waals surface area contributed by atoms with Crippen molar-refractivity contribution in [3.63, 3.8) is 0 Å². The molecule has 0 saturated carbocycles. The van der Waals surface area contributed by atoms with Crippen molar-refractivity contribution in [2.75, 3.05) is 32.8 Å². The minimum absolute atomic E-state index is 0.502. The van der Waals surface area contributed by atoms with E-state index in [9.17, 15) is 0 Å². The lowest BCUT2D eigenvalue weighted by molar-refractivity contribution is 0.195. The van der Waals surface area contributed by atoms with Crippen LogP contribution in [0.25, 0.3) is 20.7 Å². The average molecular weight is 404 g/mol. The molecule has 0 atom stereocenters. The first-order valence-electron chi connectivity index (χ1n) is 8.39. The lowest BCUT2D eigenvalue weighted by atomic mass is 10.2. The van der Waals surface area contributed by atoms with Gasteiger partial charge in [0.05, 0.1) is 17.3 Å². The zero-order chi connectivity index (χ0) is 19.1. The van der Waals surface area contributed by atoms with E-state index < -0.39 is 0 Å². The van der Waals surface area contributed by atoms with Gasteiger partial charge in [-0.25, -0.2) is 9.97 Å². The van der Waals surface area contributed by atoms with Gasteiger partial charge in [-0.3, -0.25) is 10.9 Å². The summed E-state index contributed by atoms with van der Waals surface area (Å²) in [5.74, 6) is 1.50. The molecule has 27 heavy (non-hydrogen) atoms. The molecule has 0 aliphatic carbocycles. The summed E-state index contributed by atoms with van der Waals surface area (Å²) in [6.45, 7) is 1.43. The maximum Gasteiger partial charge on any atom is 0.185 e. The number of rotatable bonds is 8. The molecule has 0 saturated heterocycles. The van der Waals surface area contributed by atoms with E-state index in [-0.39, 0.29) is 0 Å². The Morgan fingerprint density at radius 3 is 2.93 bits per heavy atom. The first kappa shape index (κ1) is 19.3. The van der Waals surface area contributed by atoms with E-state index in [2.05, 4.69) is 26.1 Å². The van der Waals surface area contributed by atoms with Gasteiger partial charge in [0, 0.05) is 25.1 Å². The normalized spacial score (nSPS) is 10.6. The molecule has 9 heteroatoms. The second kappa shape index (κ2) is 9.45. The molecule has 2 heterocycles. The Morgan fingerprint density at radius 2 is 2.11 bits per heavy atom. The number of hydrogen-bond acceptors (Lipinski definition) is 7. The number of hydrogen-bond donors (Lipinski definition) is 3. The maximum absolute atomic E-state index is 5.31. The van der Waals surface area contributed by atoms with E-state index in [1.165, 1.54) is 6.33 Å². The number of nitrogens with zero attached hydrogens (tertiary/aromatic N) is 2. The number of nitrogens with one attached hydrogen (secondary N) is 3. The number of aromatic nitrogens is 2. The van der Waals surface area contributed by atoms with Crippen molar-refractivity contribution in [3.05, 3.63) is 36.7 Å². The van der Waals surface area contributed by atoms with Gasteiger partial charge in [-0.2, -0.15) is 0 Å². The van der Waals surface area contributed by atoms with Crippen molar-refractivity contribution in [1.82, 2.24) is 20.7 Å². The van der Waals surface area contributed by atoms with Crippen molar-refractivity contribution in [1.29, 1.82) is 0 Å². The molecule has 0 aliphatic rings. The van der Waals surface area contributed by atoms with Gasteiger partial charge in [-0.1, -0.05) is 12.1 Å². The molecule has 1 aromatic carbocycles. The molecule has 0 amide bonds. The van der Waals surface area contributed by atoms with Crippen LogP contribution in [0.5, 0.6) is 5.75 Å². The topological polar surface area (TPSA) is 80.3 Å². The Labute approximate surface area is 167 Å². The third-order valence-corrected chi connectivity index (χ3v) is 5.20. The van der Waals surface area contributed by atoms with Crippen LogP contribution in [-0.4, -0.2) is 42.5 Å². The highest BCUT2D eigenvalue weighted by molar-refractivity contribution is 7.80. The number of hydrazine groups is 1. The van der Waals surface area contributed by atoms with Crippen LogP contribution in [0, 0.1) is 0 Å². The quantitative estimate of drug-likeness (QED) is 0.301. The predicted octanol–water partition coefficient (Wildman–Crippen LogP) is 3.19. The van der Waals surface area contributed by atoms with E-state index in [4.69, 9.17) is 21.7 Å². The number of thiophene rings is 1. The molecule has 0 unspecified atom stereocenters. The second-order valence-electron chi connectivity index (χ2n) is 5.63. The fourth-order valence-electron chi connectivity index (χ4n) is 2.44. The van der Waals surface area contributed by atoms with Crippen LogP contribution in [0.15, 0.2) is 36.7 Å². The molecule has 0 aliphatic heterocycles. The Morgan fingerprint density at radius 1 is 1.22 bits per heavy atom. The lowest BCUT2D eigenvalue weighted by Crippen LogP contribution is -2.39. The van der Waals surface area contributed by atoms with Crippen molar-refractivity contribution in [3.8, 4) is 16.2 Å². The number of ether oxygens (including phenoxy) is 2. The molecule has 3 rings (SSSR count). The number of thiocarbonyl (C=S) groups is 1. The van der Waals surface area contributed by atoms with Crippen LogP contribution in [0.3, 0.4) is 0 Å². The summed E-state index contributed by atoms with van der Waals surface area (Å²) >= 11 is 6.86. The number of fused-ring (bicyclic) bond motifs is 1.